The highest BCUT2D eigenvalue weighted by atomic mass is 79.9. The molecule has 0 heterocycles. The second-order valence-corrected chi connectivity index (χ2v) is 5.34. The first kappa shape index (κ1) is 16.6. The fourth-order valence-electron chi connectivity index (χ4n) is 1.71. The number of rotatable bonds is 6. The molecule has 2 aromatic rings. The van der Waals surface area contributed by atoms with E-state index in [1.807, 2.05) is 30.3 Å². The fourth-order valence-corrected chi connectivity index (χ4v) is 2.10. The lowest BCUT2D eigenvalue weighted by atomic mass is 10.2. The predicted molar refractivity (Wildman–Crippen MR) is 91.5 cm³/mol. The van der Waals surface area contributed by atoms with Gasteiger partial charge in [0.05, 0.1) is 22.2 Å². The van der Waals surface area contributed by atoms with Gasteiger partial charge in [-0.2, -0.15) is 5.10 Å². The highest BCUT2D eigenvalue weighted by molar-refractivity contribution is 9.10. The molecule has 0 spiro atoms. The number of carbonyl (C=O) groups excluding carboxylic acids is 1. The van der Waals surface area contributed by atoms with Crippen molar-refractivity contribution in [2.45, 2.75) is 0 Å². The number of amides is 1. The lowest BCUT2D eigenvalue weighted by Gasteiger charge is -2.04. The summed E-state index contributed by atoms with van der Waals surface area (Å²) < 4.78 is 0.385. The monoisotopic (exact) mass is 376 g/mol. The molecule has 0 aliphatic rings. The summed E-state index contributed by atoms with van der Waals surface area (Å²) in [5, 5.41) is 17.6. The molecule has 0 saturated heterocycles. The number of hydrogen-bond acceptors (Lipinski definition) is 5. The second kappa shape index (κ2) is 8.04. The predicted octanol–water partition coefficient (Wildman–Crippen LogP) is 2.92. The van der Waals surface area contributed by atoms with Crippen molar-refractivity contribution in [2.24, 2.45) is 5.10 Å². The Labute approximate surface area is 140 Å². The van der Waals surface area contributed by atoms with Crippen LogP contribution in [0.2, 0.25) is 0 Å². The second-order valence-electron chi connectivity index (χ2n) is 4.48. The highest BCUT2D eigenvalue weighted by Gasteiger charge is 2.11. The van der Waals surface area contributed by atoms with Crippen LogP contribution in [0.5, 0.6) is 0 Å². The number of hydrogen-bond donors (Lipinski definition) is 2. The van der Waals surface area contributed by atoms with Crippen LogP contribution in [0.15, 0.2) is 58.1 Å². The Morgan fingerprint density at radius 1 is 1.26 bits per heavy atom. The van der Waals surface area contributed by atoms with E-state index in [4.69, 9.17) is 0 Å². The average Bonchev–Trinajstić information content (AvgIpc) is 2.55. The summed E-state index contributed by atoms with van der Waals surface area (Å²) in [6, 6.07) is 13.9. The number of hydrazone groups is 1. The van der Waals surface area contributed by atoms with Crippen molar-refractivity contribution in [1.29, 1.82) is 0 Å². The van der Waals surface area contributed by atoms with Crippen LogP contribution in [0, 0.1) is 10.1 Å². The van der Waals surface area contributed by atoms with Gasteiger partial charge >= 0.3 is 0 Å². The van der Waals surface area contributed by atoms with Gasteiger partial charge in [-0.15, -0.1) is 0 Å². The Hall–Kier alpha value is -2.74. The largest absolute Gasteiger partial charge is 0.376 e. The zero-order valence-electron chi connectivity index (χ0n) is 11.9. The molecule has 0 saturated carbocycles. The van der Waals surface area contributed by atoms with E-state index in [9.17, 15) is 14.9 Å². The molecule has 7 nitrogen and oxygen atoms in total. The summed E-state index contributed by atoms with van der Waals surface area (Å²) in [5.74, 6) is -0.322. The smallest absolute Gasteiger partial charge is 0.284 e. The molecule has 2 rings (SSSR count). The van der Waals surface area contributed by atoms with Crippen molar-refractivity contribution in [2.75, 3.05) is 11.9 Å². The standard InChI is InChI=1S/C15H13BrN4O3/c16-13-7-6-11(8-14(13)20(22)23)9-18-19-15(21)10-17-12-4-2-1-3-5-12/h1-9,17H,10H2,(H,19,21)/b18-9-. The zero-order chi connectivity index (χ0) is 16.7. The Morgan fingerprint density at radius 3 is 2.70 bits per heavy atom. The number of halogens is 1. The molecule has 2 N–H and O–H groups in total. The Bertz CT molecular complexity index is 735. The Morgan fingerprint density at radius 2 is 2.00 bits per heavy atom. The van der Waals surface area contributed by atoms with Gasteiger partial charge in [0.15, 0.2) is 0 Å². The van der Waals surface area contributed by atoms with E-state index in [-0.39, 0.29) is 18.1 Å². The van der Waals surface area contributed by atoms with Crippen LogP contribution in [0.1, 0.15) is 5.56 Å². The molecule has 118 valence electrons. The lowest BCUT2D eigenvalue weighted by molar-refractivity contribution is -0.385. The van der Waals surface area contributed by atoms with E-state index in [0.717, 1.165) is 5.69 Å². The summed E-state index contributed by atoms with van der Waals surface area (Å²) in [6.45, 7) is 0.0713. The van der Waals surface area contributed by atoms with E-state index in [2.05, 4.69) is 31.8 Å². The normalized spacial score (nSPS) is 10.5. The minimum absolute atomic E-state index is 0.0639. The number of anilines is 1. The molecule has 0 aliphatic carbocycles. The van der Waals surface area contributed by atoms with Crippen molar-refractivity contribution in [3.8, 4) is 0 Å². The highest BCUT2D eigenvalue weighted by Crippen LogP contribution is 2.24. The van der Waals surface area contributed by atoms with Gasteiger partial charge in [0, 0.05) is 17.3 Å². The maximum Gasteiger partial charge on any atom is 0.284 e. The lowest BCUT2D eigenvalue weighted by Crippen LogP contribution is -2.25. The van der Waals surface area contributed by atoms with Crippen LogP contribution in [0.4, 0.5) is 11.4 Å². The number of nitrogens with one attached hydrogen (secondary N) is 2. The van der Waals surface area contributed by atoms with E-state index < -0.39 is 4.92 Å². The number of nitrogens with zero attached hydrogens (tertiary/aromatic N) is 2. The Balaban J connectivity index is 1.87. The molecule has 0 aromatic heterocycles. The van der Waals surface area contributed by atoms with Gasteiger partial charge in [0.1, 0.15) is 0 Å². The Kier molecular flexibility index (Phi) is 5.81. The van der Waals surface area contributed by atoms with Crippen LogP contribution < -0.4 is 10.7 Å². The van der Waals surface area contributed by atoms with Gasteiger partial charge in [-0.3, -0.25) is 14.9 Å². The van der Waals surface area contributed by atoms with Gasteiger partial charge in [-0.25, -0.2) is 5.43 Å². The van der Waals surface area contributed by atoms with Crippen LogP contribution in [-0.2, 0) is 4.79 Å². The van der Waals surface area contributed by atoms with Crippen LogP contribution in [-0.4, -0.2) is 23.6 Å². The number of nitro benzene ring substituents is 1. The number of benzene rings is 2. The molecule has 8 heteroatoms. The van der Waals surface area contributed by atoms with Crippen molar-refractivity contribution in [1.82, 2.24) is 5.43 Å². The van der Waals surface area contributed by atoms with Crippen molar-refractivity contribution >= 4 is 39.4 Å². The molecule has 0 bridgehead atoms. The molecule has 0 unspecified atom stereocenters. The minimum atomic E-state index is -0.496. The van der Waals surface area contributed by atoms with Crippen molar-refractivity contribution in [3.05, 3.63) is 68.7 Å². The molecule has 1 amide bonds. The molecule has 23 heavy (non-hydrogen) atoms. The van der Waals surface area contributed by atoms with Crippen molar-refractivity contribution in [3.63, 3.8) is 0 Å². The SMILES string of the molecule is O=C(CNc1ccccc1)N/N=C\c1ccc(Br)c([N+](=O)[O-])c1. The fraction of sp³-hybridized carbons (Fsp3) is 0.0667. The molecular weight excluding hydrogens is 364 g/mol. The molecule has 2 aromatic carbocycles. The molecule has 0 fully saturated rings. The molecular formula is C15H13BrN4O3. The third-order valence-corrected chi connectivity index (χ3v) is 3.47. The summed E-state index contributed by atoms with van der Waals surface area (Å²) >= 11 is 3.10. The summed E-state index contributed by atoms with van der Waals surface area (Å²) in [4.78, 5) is 22.0. The summed E-state index contributed by atoms with van der Waals surface area (Å²) in [6.07, 6.45) is 1.35. The average molecular weight is 377 g/mol. The van der Waals surface area contributed by atoms with Gasteiger partial charge in [-0.05, 0) is 34.1 Å². The third kappa shape index (κ3) is 5.19. The van der Waals surface area contributed by atoms with E-state index in [1.54, 1.807) is 12.1 Å². The number of nitro groups is 1. The maximum atomic E-state index is 11.6. The van der Waals surface area contributed by atoms with Gasteiger partial charge in [-0.1, -0.05) is 24.3 Å². The summed E-state index contributed by atoms with van der Waals surface area (Å²) in [7, 11) is 0. The zero-order valence-corrected chi connectivity index (χ0v) is 13.5. The topological polar surface area (TPSA) is 96.6 Å². The maximum absolute atomic E-state index is 11.6. The molecule has 0 aliphatic heterocycles. The van der Waals surface area contributed by atoms with Gasteiger partial charge in [0.25, 0.3) is 11.6 Å². The third-order valence-electron chi connectivity index (χ3n) is 2.80. The minimum Gasteiger partial charge on any atom is -0.376 e. The van der Waals surface area contributed by atoms with E-state index in [1.165, 1.54) is 12.3 Å². The van der Waals surface area contributed by atoms with Crippen LogP contribution in [0.3, 0.4) is 0 Å². The summed E-state index contributed by atoms with van der Waals surface area (Å²) in [5.41, 5.74) is 3.63. The first-order chi connectivity index (χ1) is 11.1. The number of para-hydroxylation sites is 1. The van der Waals surface area contributed by atoms with Gasteiger partial charge < -0.3 is 5.32 Å². The quantitative estimate of drug-likeness (QED) is 0.460. The van der Waals surface area contributed by atoms with E-state index >= 15 is 0 Å². The first-order valence-electron chi connectivity index (χ1n) is 6.61. The van der Waals surface area contributed by atoms with Crippen LogP contribution >= 0.6 is 15.9 Å². The van der Waals surface area contributed by atoms with Crippen molar-refractivity contribution < 1.29 is 9.72 Å². The van der Waals surface area contributed by atoms with Gasteiger partial charge in [0.2, 0.25) is 0 Å². The molecule has 0 radical (unpaired) electrons. The number of carbonyl (C=O) groups is 1. The molecule has 0 atom stereocenters. The first-order valence-corrected chi connectivity index (χ1v) is 7.40. The van der Waals surface area contributed by atoms with E-state index in [0.29, 0.717) is 10.0 Å². The van der Waals surface area contributed by atoms with Crippen LogP contribution in [0.25, 0.3) is 0 Å².